The summed E-state index contributed by atoms with van der Waals surface area (Å²) in [5.74, 6) is -1.24. The average Bonchev–Trinajstić information content (AvgIpc) is 2.40. The van der Waals surface area contributed by atoms with Crippen LogP contribution >= 0.6 is 28.1 Å². The fourth-order valence-corrected chi connectivity index (χ4v) is 2.32. The maximum Gasteiger partial charge on any atom is 0.263 e. The number of amides is 1. The fourth-order valence-electron chi connectivity index (χ4n) is 1.72. The average molecular weight is 367 g/mol. The second-order valence-electron chi connectivity index (χ2n) is 4.18. The molecule has 0 spiro atoms. The molecule has 0 heterocycles. The van der Waals surface area contributed by atoms with Gasteiger partial charge in [-0.2, -0.15) is 0 Å². The molecule has 0 aliphatic carbocycles. The topological polar surface area (TPSA) is 95.6 Å². The number of hydrogen-bond acceptors (Lipinski definition) is 4. The summed E-state index contributed by atoms with van der Waals surface area (Å²) in [6, 6.07) is 9.02. The molecule has 0 unspecified atom stereocenters. The molecule has 21 heavy (non-hydrogen) atoms. The van der Waals surface area contributed by atoms with E-state index < -0.39 is 5.91 Å². The van der Waals surface area contributed by atoms with E-state index in [9.17, 15) is 15.0 Å². The van der Waals surface area contributed by atoms with Crippen molar-refractivity contribution < 1.29 is 15.0 Å². The molecule has 5 nitrogen and oxygen atoms in total. The highest BCUT2D eigenvalue weighted by molar-refractivity contribution is 9.10. The van der Waals surface area contributed by atoms with Crippen LogP contribution in [0.3, 0.4) is 0 Å². The lowest BCUT2D eigenvalue weighted by Crippen LogP contribution is -2.14. The van der Waals surface area contributed by atoms with Crippen LogP contribution < -0.4 is 11.1 Å². The van der Waals surface area contributed by atoms with Crippen molar-refractivity contribution in [1.82, 2.24) is 0 Å². The first-order chi connectivity index (χ1) is 9.90. The van der Waals surface area contributed by atoms with Crippen LogP contribution in [-0.2, 0) is 0 Å². The third-order valence-electron chi connectivity index (χ3n) is 2.75. The van der Waals surface area contributed by atoms with Crippen LogP contribution in [0.1, 0.15) is 15.9 Å². The van der Waals surface area contributed by atoms with Crippen LogP contribution in [-0.4, -0.2) is 21.1 Å². The maximum absolute atomic E-state index is 12.1. The Morgan fingerprint density at radius 3 is 2.33 bits per heavy atom. The van der Waals surface area contributed by atoms with Crippen molar-refractivity contribution in [1.29, 1.82) is 0 Å². The highest BCUT2D eigenvalue weighted by Crippen LogP contribution is 2.29. The molecule has 2 aromatic rings. The quantitative estimate of drug-likeness (QED) is 0.626. The Bertz CT molecular complexity index is 714. The zero-order valence-electron chi connectivity index (χ0n) is 10.6. The number of phenolic OH excluding ortho intramolecular Hbond substituents is 2. The molecule has 5 N–H and O–H groups in total. The Kier molecular flexibility index (Phi) is 4.44. The molecule has 108 valence electrons. The number of benzene rings is 2. The first-order valence-electron chi connectivity index (χ1n) is 5.82. The van der Waals surface area contributed by atoms with Gasteiger partial charge in [-0.05, 0) is 46.3 Å². The first-order valence-corrected chi connectivity index (χ1v) is 7.02. The summed E-state index contributed by atoms with van der Waals surface area (Å²) in [6.07, 6.45) is 0. The number of carbonyl (C=O) groups excluding carboxylic acids is 1. The Morgan fingerprint density at radius 1 is 1.19 bits per heavy atom. The van der Waals surface area contributed by atoms with Crippen molar-refractivity contribution in [2.45, 2.75) is 0 Å². The normalized spacial score (nSPS) is 10.1. The lowest BCUT2D eigenvalue weighted by Gasteiger charge is -2.10. The Labute approximate surface area is 134 Å². The molecule has 0 aromatic heterocycles. The van der Waals surface area contributed by atoms with Crippen LogP contribution in [0.15, 0.2) is 40.9 Å². The lowest BCUT2D eigenvalue weighted by atomic mass is 10.1. The van der Waals surface area contributed by atoms with Crippen molar-refractivity contribution in [3.05, 3.63) is 52.0 Å². The van der Waals surface area contributed by atoms with Gasteiger partial charge in [-0.15, -0.1) is 0 Å². The minimum absolute atomic E-state index is 0.192. The number of thiocarbonyl (C=S) groups is 1. The summed E-state index contributed by atoms with van der Waals surface area (Å²) in [4.78, 5) is 12.4. The van der Waals surface area contributed by atoms with E-state index in [0.29, 0.717) is 15.7 Å². The van der Waals surface area contributed by atoms with Gasteiger partial charge < -0.3 is 21.3 Å². The van der Waals surface area contributed by atoms with Crippen molar-refractivity contribution in [3.8, 4) is 11.5 Å². The Morgan fingerprint density at radius 2 is 1.81 bits per heavy atom. The zero-order chi connectivity index (χ0) is 15.6. The third-order valence-corrected chi connectivity index (χ3v) is 3.64. The molecule has 0 radical (unpaired) electrons. The molecule has 0 atom stereocenters. The summed E-state index contributed by atoms with van der Waals surface area (Å²) < 4.78 is 0.580. The van der Waals surface area contributed by atoms with E-state index in [1.807, 2.05) is 0 Å². The smallest absolute Gasteiger partial charge is 0.263 e. The summed E-state index contributed by atoms with van der Waals surface area (Å²) in [5.41, 5.74) is 6.44. The Balaban J connectivity index is 2.30. The van der Waals surface area contributed by atoms with Crippen LogP contribution in [0.5, 0.6) is 11.5 Å². The number of halogens is 1. The minimum Gasteiger partial charge on any atom is -0.507 e. The first kappa shape index (κ1) is 15.3. The molecule has 2 aromatic carbocycles. The molecular weight excluding hydrogens is 356 g/mol. The molecule has 0 aliphatic rings. The summed E-state index contributed by atoms with van der Waals surface area (Å²) in [5, 5.41) is 21.9. The molecule has 1 amide bonds. The van der Waals surface area contributed by atoms with E-state index >= 15 is 0 Å². The Hall–Kier alpha value is -2.12. The molecule has 2 rings (SSSR count). The van der Waals surface area contributed by atoms with E-state index in [1.54, 1.807) is 18.2 Å². The molecule has 0 bridgehead atoms. The predicted molar refractivity (Wildman–Crippen MR) is 87.8 cm³/mol. The van der Waals surface area contributed by atoms with Gasteiger partial charge in [0.25, 0.3) is 5.91 Å². The molecule has 0 saturated heterocycles. The molecular formula is C14H11BrN2O3S. The largest absolute Gasteiger partial charge is 0.507 e. The number of rotatable bonds is 3. The van der Waals surface area contributed by atoms with Crippen LogP contribution in [0.25, 0.3) is 0 Å². The van der Waals surface area contributed by atoms with Gasteiger partial charge >= 0.3 is 0 Å². The summed E-state index contributed by atoms with van der Waals surface area (Å²) >= 11 is 8.17. The molecule has 0 aliphatic heterocycles. The van der Waals surface area contributed by atoms with Gasteiger partial charge in [0.1, 0.15) is 22.1 Å². The van der Waals surface area contributed by atoms with Crippen molar-refractivity contribution in [2.75, 3.05) is 5.32 Å². The van der Waals surface area contributed by atoms with E-state index in [0.717, 1.165) is 0 Å². The van der Waals surface area contributed by atoms with Crippen molar-refractivity contribution in [3.63, 3.8) is 0 Å². The van der Waals surface area contributed by atoms with E-state index in [2.05, 4.69) is 21.2 Å². The summed E-state index contributed by atoms with van der Waals surface area (Å²) in [7, 11) is 0. The number of anilines is 1. The van der Waals surface area contributed by atoms with Crippen molar-refractivity contribution >= 4 is 44.7 Å². The van der Waals surface area contributed by atoms with E-state index in [-0.39, 0.29) is 22.1 Å². The number of carbonyl (C=O) groups is 1. The molecule has 0 fully saturated rings. The SMILES string of the molecule is NC(=S)c1ccc(NC(=O)c2c(O)cccc2O)c(Br)c1. The van der Waals surface area contributed by atoms with Crippen LogP contribution in [0.2, 0.25) is 0 Å². The highest BCUT2D eigenvalue weighted by Gasteiger charge is 2.17. The maximum atomic E-state index is 12.1. The molecule has 0 saturated carbocycles. The second-order valence-corrected chi connectivity index (χ2v) is 5.48. The summed E-state index contributed by atoms with van der Waals surface area (Å²) in [6.45, 7) is 0. The minimum atomic E-state index is -0.630. The number of phenols is 2. The number of nitrogens with one attached hydrogen (secondary N) is 1. The van der Waals surface area contributed by atoms with Gasteiger partial charge in [-0.3, -0.25) is 4.79 Å². The van der Waals surface area contributed by atoms with Gasteiger partial charge in [0.2, 0.25) is 0 Å². The third kappa shape index (κ3) is 3.32. The second kappa shape index (κ2) is 6.11. The monoisotopic (exact) mass is 366 g/mol. The number of nitrogens with two attached hydrogens (primary N) is 1. The van der Waals surface area contributed by atoms with Gasteiger partial charge in [0.15, 0.2) is 0 Å². The number of hydrogen-bond donors (Lipinski definition) is 4. The predicted octanol–water partition coefficient (Wildman–Crippen LogP) is 2.75. The lowest BCUT2D eigenvalue weighted by molar-refractivity contribution is 0.102. The molecule has 7 heteroatoms. The highest BCUT2D eigenvalue weighted by atomic mass is 79.9. The van der Waals surface area contributed by atoms with E-state index in [1.165, 1.54) is 18.2 Å². The zero-order valence-corrected chi connectivity index (χ0v) is 13.0. The van der Waals surface area contributed by atoms with E-state index in [4.69, 9.17) is 18.0 Å². The van der Waals surface area contributed by atoms with Crippen LogP contribution in [0, 0.1) is 0 Å². The van der Waals surface area contributed by atoms with Gasteiger partial charge in [-0.1, -0.05) is 18.3 Å². The van der Waals surface area contributed by atoms with Gasteiger partial charge in [0.05, 0.1) is 5.69 Å². The van der Waals surface area contributed by atoms with Gasteiger partial charge in [-0.25, -0.2) is 0 Å². The van der Waals surface area contributed by atoms with Gasteiger partial charge in [0, 0.05) is 10.0 Å². The van der Waals surface area contributed by atoms with Crippen LogP contribution in [0.4, 0.5) is 5.69 Å². The standard InChI is InChI=1S/C14H11BrN2O3S/c15-8-6-7(13(16)21)4-5-9(8)17-14(20)12-10(18)2-1-3-11(12)19/h1-6,18-19H,(H2,16,21)(H,17,20). The van der Waals surface area contributed by atoms with Crippen molar-refractivity contribution in [2.24, 2.45) is 5.73 Å². The number of aromatic hydroxyl groups is 2. The fraction of sp³-hybridized carbons (Fsp3) is 0.